The number of rotatable bonds is 3. The van der Waals surface area contributed by atoms with Crippen LogP contribution in [-0.2, 0) is 0 Å². The van der Waals surface area contributed by atoms with Crippen molar-refractivity contribution in [2.45, 2.75) is 25.3 Å². The highest BCUT2D eigenvalue weighted by Gasteiger charge is 2.26. The second-order valence-electron chi connectivity index (χ2n) is 6.70. The predicted octanol–water partition coefficient (Wildman–Crippen LogP) is 3.50. The Morgan fingerprint density at radius 1 is 1.15 bits per heavy atom. The van der Waals surface area contributed by atoms with Gasteiger partial charge in [0.1, 0.15) is 0 Å². The van der Waals surface area contributed by atoms with Crippen LogP contribution < -0.4 is 11.5 Å². The van der Waals surface area contributed by atoms with Crippen LogP contribution in [0, 0.1) is 0 Å². The number of nitrogens with two attached hydrogens (primary N) is 2. The van der Waals surface area contributed by atoms with E-state index < -0.39 is 0 Å². The Labute approximate surface area is 156 Å². The highest BCUT2D eigenvalue weighted by Crippen LogP contribution is 2.29. The van der Waals surface area contributed by atoms with E-state index in [-0.39, 0.29) is 11.9 Å². The number of anilines is 1. The van der Waals surface area contributed by atoms with Crippen molar-refractivity contribution in [3.8, 4) is 11.1 Å². The summed E-state index contributed by atoms with van der Waals surface area (Å²) in [5.74, 6) is 0.0782. The third-order valence-electron chi connectivity index (χ3n) is 5.03. The summed E-state index contributed by atoms with van der Waals surface area (Å²) < 4.78 is 1.08. The highest BCUT2D eigenvalue weighted by molar-refractivity contribution is 7.22. The third kappa shape index (κ3) is 3.18. The van der Waals surface area contributed by atoms with Crippen molar-refractivity contribution in [1.82, 2.24) is 9.88 Å². The van der Waals surface area contributed by atoms with Crippen molar-refractivity contribution >= 4 is 32.6 Å². The van der Waals surface area contributed by atoms with Gasteiger partial charge >= 0.3 is 0 Å². The van der Waals surface area contributed by atoms with Crippen LogP contribution in [0.5, 0.6) is 0 Å². The largest absolute Gasteiger partial charge is 0.375 e. The fraction of sp³-hybridized carbons (Fsp3) is 0.300. The smallest absolute Gasteiger partial charge is 0.254 e. The normalized spacial score (nSPS) is 17.6. The number of thiazole rings is 1. The molecule has 0 unspecified atom stereocenters. The maximum Gasteiger partial charge on any atom is 0.254 e. The van der Waals surface area contributed by atoms with Gasteiger partial charge in [-0.05, 0) is 54.7 Å². The number of nitrogen functional groups attached to an aromatic ring is 1. The predicted molar refractivity (Wildman–Crippen MR) is 107 cm³/mol. The van der Waals surface area contributed by atoms with Crippen molar-refractivity contribution in [2.75, 3.05) is 18.8 Å². The van der Waals surface area contributed by atoms with Gasteiger partial charge in [0.15, 0.2) is 5.13 Å². The van der Waals surface area contributed by atoms with Crippen LogP contribution >= 0.6 is 11.3 Å². The van der Waals surface area contributed by atoms with Gasteiger partial charge in [-0.1, -0.05) is 29.5 Å². The Kier molecular flexibility index (Phi) is 4.61. The van der Waals surface area contributed by atoms with Gasteiger partial charge in [-0.25, -0.2) is 4.98 Å². The van der Waals surface area contributed by atoms with Gasteiger partial charge in [0.05, 0.1) is 10.2 Å². The molecule has 3 aromatic rings. The number of carbonyl (C=O) groups excluding carboxylic acids is 1. The number of piperidine rings is 1. The quantitative estimate of drug-likeness (QED) is 0.743. The van der Waals surface area contributed by atoms with Gasteiger partial charge in [-0.2, -0.15) is 0 Å². The molecule has 134 valence electrons. The Morgan fingerprint density at radius 2 is 1.92 bits per heavy atom. The molecule has 0 saturated carbocycles. The minimum Gasteiger partial charge on any atom is -0.375 e. The molecule has 1 saturated heterocycles. The second-order valence-corrected chi connectivity index (χ2v) is 7.76. The number of benzene rings is 2. The number of carbonyl (C=O) groups is 1. The number of fused-ring (bicyclic) bond motifs is 1. The van der Waals surface area contributed by atoms with Crippen LogP contribution in [0.3, 0.4) is 0 Å². The lowest BCUT2D eigenvalue weighted by Gasteiger charge is -2.35. The molecule has 6 heteroatoms. The highest BCUT2D eigenvalue weighted by atomic mass is 32.1. The topological polar surface area (TPSA) is 85.2 Å². The fourth-order valence-electron chi connectivity index (χ4n) is 3.61. The van der Waals surface area contributed by atoms with Crippen LogP contribution in [0.15, 0.2) is 42.5 Å². The zero-order valence-corrected chi connectivity index (χ0v) is 15.3. The van der Waals surface area contributed by atoms with Crippen LogP contribution in [-0.4, -0.2) is 34.9 Å². The van der Waals surface area contributed by atoms with E-state index in [0.29, 0.717) is 17.2 Å². The number of likely N-dealkylation sites (tertiary alicyclic amines) is 1. The SMILES string of the molecule is NC[C@@H]1CCCCN1C(=O)c1ccc(-c2ccc3sc(N)nc3c2)cc1. The van der Waals surface area contributed by atoms with Crippen LogP contribution in [0.25, 0.3) is 21.3 Å². The number of nitrogens with zero attached hydrogens (tertiary/aromatic N) is 2. The lowest BCUT2D eigenvalue weighted by molar-refractivity contribution is 0.0623. The van der Waals surface area contributed by atoms with Gasteiger partial charge in [-0.15, -0.1) is 0 Å². The minimum atomic E-state index is 0.0782. The molecule has 0 bridgehead atoms. The summed E-state index contributed by atoms with van der Waals surface area (Å²) in [6.07, 6.45) is 3.20. The van der Waals surface area contributed by atoms with Gasteiger partial charge in [0, 0.05) is 24.7 Å². The first-order valence-corrected chi connectivity index (χ1v) is 9.75. The van der Waals surface area contributed by atoms with Crippen molar-refractivity contribution in [2.24, 2.45) is 5.73 Å². The molecule has 0 spiro atoms. The molecule has 1 fully saturated rings. The molecule has 4 rings (SSSR count). The molecule has 5 nitrogen and oxygen atoms in total. The van der Waals surface area contributed by atoms with Crippen molar-refractivity contribution in [1.29, 1.82) is 0 Å². The average molecular weight is 366 g/mol. The monoisotopic (exact) mass is 366 g/mol. The van der Waals surface area contributed by atoms with E-state index in [1.165, 1.54) is 11.3 Å². The van der Waals surface area contributed by atoms with Crippen molar-refractivity contribution < 1.29 is 4.79 Å². The molecule has 4 N–H and O–H groups in total. The molecule has 1 amide bonds. The van der Waals surface area contributed by atoms with Gasteiger partial charge in [0.25, 0.3) is 5.91 Å². The molecular weight excluding hydrogens is 344 g/mol. The maximum atomic E-state index is 12.8. The van der Waals surface area contributed by atoms with Gasteiger partial charge < -0.3 is 16.4 Å². The van der Waals surface area contributed by atoms with Crippen molar-refractivity contribution in [3.05, 3.63) is 48.0 Å². The summed E-state index contributed by atoms with van der Waals surface area (Å²) in [7, 11) is 0. The van der Waals surface area contributed by atoms with Crippen LogP contribution in [0.4, 0.5) is 5.13 Å². The molecule has 2 aromatic carbocycles. The Balaban J connectivity index is 1.58. The molecular formula is C20H22N4OS. The lowest BCUT2D eigenvalue weighted by atomic mass is 9.99. The second kappa shape index (κ2) is 7.05. The Morgan fingerprint density at radius 3 is 2.69 bits per heavy atom. The lowest BCUT2D eigenvalue weighted by Crippen LogP contribution is -2.47. The van der Waals surface area contributed by atoms with E-state index in [1.54, 1.807) is 0 Å². The van der Waals surface area contributed by atoms with Crippen molar-refractivity contribution in [3.63, 3.8) is 0 Å². The molecule has 0 aliphatic carbocycles. The first-order chi connectivity index (χ1) is 12.7. The fourth-order valence-corrected chi connectivity index (χ4v) is 4.32. The number of hydrogen-bond acceptors (Lipinski definition) is 5. The van der Waals surface area contributed by atoms with E-state index in [1.807, 2.05) is 41.3 Å². The van der Waals surface area contributed by atoms with E-state index in [2.05, 4.69) is 11.1 Å². The molecule has 0 radical (unpaired) electrons. The summed E-state index contributed by atoms with van der Waals surface area (Å²) in [5.41, 5.74) is 15.4. The molecule has 1 aromatic heterocycles. The molecule has 2 heterocycles. The third-order valence-corrected chi connectivity index (χ3v) is 5.89. The molecule has 1 aliphatic rings. The summed E-state index contributed by atoms with van der Waals surface area (Å²) in [5, 5.41) is 0.578. The average Bonchev–Trinajstić information content (AvgIpc) is 3.06. The Bertz CT molecular complexity index is 935. The molecule has 1 aliphatic heterocycles. The number of amides is 1. The number of aromatic nitrogens is 1. The summed E-state index contributed by atoms with van der Waals surface area (Å²) in [4.78, 5) is 19.1. The zero-order chi connectivity index (χ0) is 18.1. The van der Waals surface area contributed by atoms with Gasteiger partial charge in [-0.3, -0.25) is 4.79 Å². The standard InChI is InChI=1S/C20H22N4OS/c21-12-16-3-1-2-10-24(16)19(25)14-6-4-13(5-7-14)15-8-9-18-17(11-15)23-20(22)26-18/h4-9,11,16H,1-3,10,12,21H2,(H2,22,23)/t16-/m0/s1. The minimum absolute atomic E-state index is 0.0782. The van der Waals surface area contributed by atoms with Crippen LogP contribution in [0.1, 0.15) is 29.6 Å². The summed E-state index contributed by atoms with van der Waals surface area (Å²) >= 11 is 1.49. The first-order valence-electron chi connectivity index (χ1n) is 8.93. The molecule has 26 heavy (non-hydrogen) atoms. The van der Waals surface area contributed by atoms with E-state index >= 15 is 0 Å². The van der Waals surface area contributed by atoms with Gasteiger partial charge in [0.2, 0.25) is 0 Å². The Hall–Kier alpha value is -2.44. The first kappa shape index (κ1) is 17.0. The van der Waals surface area contributed by atoms with E-state index in [9.17, 15) is 4.79 Å². The molecule has 1 atom stereocenters. The summed E-state index contributed by atoms with van der Waals surface area (Å²) in [6, 6.07) is 14.1. The van der Waals surface area contributed by atoms with E-state index in [0.717, 1.165) is 47.2 Å². The zero-order valence-electron chi connectivity index (χ0n) is 14.5. The van der Waals surface area contributed by atoms with E-state index in [4.69, 9.17) is 11.5 Å². The number of hydrogen-bond donors (Lipinski definition) is 2. The summed E-state index contributed by atoms with van der Waals surface area (Å²) in [6.45, 7) is 1.32. The maximum absolute atomic E-state index is 12.8. The van der Waals surface area contributed by atoms with Crippen LogP contribution in [0.2, 0.25) is 0 Å².